The molecule has 0 radical (unpaired) electrons. The van der Waals surface area contributed by atoms with Gasteiger partial charge < -0.3 is 4.90 Å². The number of hydrogen-bond acceptors (Lipinski definition) is 1. The Bertz CT molecular complexity index is 304. The van der Waals surface area contributed by atoms with Crippen LogP contribution < -0.4 is 0 Å². The van der Waals surface area contributed by atoms with E-state index in [4.69, 9.17) is 0 Å². The van der Waals surface area contributed by atoms with Gasteiger partial charge in [-0.05, 0) is 44.8 Å². The second-order valence-electron chi connectivity index (χ2n) is 11.1. The van der Waals surface area contributed by atoms with Crippen molar-refractivity contribution in [2.75, 3.05) is 19.6 Å². The first-order valence-corrected chi connectivity index (χ1v) is 15.4. The lowest BCUT2D eigenvalue weighted by Gasteiger charge is -2.22. The Balaban J connectivity index is 3.85. The predicted molar refractivity (Wildman–Crippen MR) is 149 cm³/mol. The molecular formula is C31H65N. The SMILES string of the molecule is CCCCCCCCCCN(CCCCCCCCCC)CCCCCCCCC(C)C. The lowest BCUT2D eigenvalue weighted by Crippen LogP contribution is -2.27. The lowest BCUT2D eigenvalue weighted by atomic mass is 10.0. The van der Waals surface area contributed by atoms with Crippen molar-refractivity contribution in [3.63, 3.8) is 0 Å². The molecule has 0 aliphatic rings. The van der Waals surface area contributed by atoms with Gasteiger partial charge in [0, 0.05) is 0 Å². The van der Waals surface area contributed by atoms with Gasteiger partial charge in [0.05, 0.1) is 0 Å². The molecule has 0 amide bonds. The highest BCUT2D eigenvalue weighted by Crippen LogP contribution is 2.14. The minimum atomic E-state index is 0.885. The van der Waals surface area contributed by atoms with Crippen LogP contribution in [0.2, 0.25) is 0 Å². The normalized spacial score (nSPS) is 11.8. The molecule has 1 nitrogen and oxygen atoms in total. The van der Waals surface area contributed by atoms with Gasteiger partial charge in [0.15, 0.2) is 0 Å². The maximum absolute atomic E-state index is 2.83. The van der Waals surface area contributed by atoms with Gasteiger partial charge in [0.2, 0.25) is 0 Å². The molecule has 0 saturated heterocycles. The Morgan fingerprint density at radius 2 is 0.656 bits per heavy atom. The van der Waals surface area contributed by atoms with Crippen molar-refractivity contribution in [3.8, 4) is 0 Å². The van der Waals surface area contributed by atoms with Crippen molar-refractivity contribution in [1.82, 2.24) is 4.90 Å². The summed E-state index contributed by atoms with van der Waals surface area (Å²) in [7, 11) is 0. The van der Waals surface area contributed by atoms with E-state index in [0.717, 1.165) is 5.92 Å². The molecule has 0 aromatic rings. The quantitative estimate of drug-likeness (QED) is 0.112. The van der Waals surface area contributed by atoms with Crippen LogP contribution in [-0.4, -0.2) is 24.5 Å². The first-order valence-electron chi connectivity index (χ1n) is 15.4. The fourth-order valence-electron chi connectivity index (χ4n) is 4.87. The summed E-state index contributed by atoms with van der Waals surface area (Å²) in [6, 6.07) is 0. The van der Waals surface area contributed by atoms with Gasteiger partial charge in [0.25, 0.3) is 0 Å². The Kier molecular flexibility index (Phi) is 27.2. The van der Waals surface area contributed by atoms with Crippen molar-refractivity contribution >= 4 is 0 Å². The second kappa shape index (κ2) is 27.2. The Morgan fingerprint density at radius 3 is 0.969 bits per heavy atom. The molecule has 0 saturated carbocycles. The highest BCUT2D eigenvalue weighted by atomic mass is 15.1. The summed E-state index contributed by atoms with van der Waals surface area (Å²) < 4.78 is 0. The van der Waals surface area contributed by atoms with Crippen LogP contribution in [0, 0.1) is 5.92 Å². The van der Waals surface area contributed by atoms with E-state index in [-0.39, 0.29) is 0 Å². The van der Waals surface area contributed by atoms with E-state index in [1.807, 2.05) is 0 Å². The third kappa shape index (κ3) is 26.2. The number of hydrogen-bond donors (Lipinski definition) is 0. The monoisotopic (exact) mass is 452 g/mol. The van der Waals surface area contributed by atoms with Crippen molar-refractivity contribution in [3.05, 3.63) is 0 Å². The highest BCUT2D eigenvalue weighted by Gasteiger charge is 2.05. The van der Waals surface area contributed by atoms with Crippen LogP contribution >= 0.6 is 0 Å². The van der Waals surface area contributed by atoms with Crippen LogP contribution in [0.5, 0.6) is 0 Å². The fourth-order valence-corrected chi connectivity index (χ4v) is 4.87. The molecule has 1 heteroatoms. The van der Waals surface area contributed by atoms with E-state index >= 15 is 0 Å². The van der Waals surface area contributed by atoms with Crippen LogP contribution in [0.1, 0.15) is 175 Å². The van der Waals surface area contributed by atoms with Gasteiger partial charge in [-0.25, -0.2) is 0 Å². The summed E-state index contributed by atoms with van der Waals surface area (Å²) in [6.07, 6.45) is 33.2. The van der Waals surface area contributed by atoms with Crippen LogP contribution in [0.3, 0.4) is 0 Å². The average molecular weight is 452 g/mol. The van der Waals surface area contributed by atoms with Crippen LogP contribution in [0.25, 0.3) is 0 Å². The van der Waals surface area contributed by atoms with Crippen LogP contribution in [0.15, 0.2) is 0 Å². The zero-order valence-electron chi connectivity index (χ0n) is 23.4. The number of unbranched alkanes of at least 4 members (excludes halogenated alkanes) is 19. The van der Waals surface area contributed by atoms with Crippen molar-refractivity contribution in [1.29, 1.82) is 0 Å². The molecule has 0 atom stereocenters. The van der Waals surface area contributed by atoms with Crippen LogP contribution in [-0.2, 0) is 0 Å². The van der Waals surface area contributed by atoms with E-state index in [1.54, 1.807) is 0 Å². The minimum Gasteiger partial charge on any atom is -0.303 e. The average Bonchev–Trinajstić information content (AvgIpc) is 2.78. The summed E-state index contributed by atoms with van der Waals surface area (Å²) in [6.45, 7) is 13.4. The maximum atomic E-state index is 2.83. The van der Waals surface area contributed by atoms with Crippen LogP contribution in [0.4, 0.5) is 0 Å². The molecule has 0 heterocycles. The Morgan fingerprint density at radius 1 is 0.375 bits per heavy atom. The zero-order chi connectivity index (χ0) is 23.5. The zero-order valence-corrected chi connectivity index (χ0v) is 23.4. The van der Waals surface area contributed by atoms with Gasteiger partial charge in [-0.3, -0.25) is 0 Å². The van der Waals surface area contributed by atoms with E-state index < -0.39 is 0 Å². The third-order valence-electron chi connectivity index (χ3n) is 7.16. The maximum Gasteiger partial charge on any atom is -0.00187 e. The number of nitrogens with zero attached hydrogens (tertiary/aromatic N) is 1. The predicted octanol–water partition coefficient (Wildman–Crippen LogP) is 11.0. The fraction of sp³-hybridized carbons (Fsp3) is 1.00. The van der Waals surface area contributed by atoms with E-state index in [2.05, 4.69) is 32.6 Å². The molecule has 32 heavy (non-hydrogen) atoms. The first-order chi connectivity index (χ1) is 15.7. The molecule has 194 valence electrons. The van der Waals surface area contributed by atoms with Gasteiger partial charge in [-0.15, -0.1) is 0 Å². The lowest BCUT2D eigenvalue weighted by molar-refractivity contribution is 0.254. The minimum absolute atomic E-state index is 0.885. The molecule has 0 N–H and O–H groups in total. The summed E-state index contributed by atoms with van der Waals surface area (Å²) in [5.41, 5.74) is 0. The van der Waals surface area contributed by atoms with E-state index in [0.29, 0.717) is 0 Å². The Hall–Kier alpha value is -0.0400. The standard InChI is InChI=1S/C31H65N/c1-5-7-9-11-13-16-20-24-28-32(29-25-21-17-14-12-10-8-6-2)30-26-22-18-15-19-23-27-31(3)4/h31H,5-30H2,1-4H3. The smallest absolute Gasteiger partial charge is 0.00187 e. The van der Waals surface area contributed by atoms with Gasteiger partial charge >= 0.3 is 0 Å². The molecule has 0 bridgehead atoms. The van der Waals surface area contributed by atoms with E-state index in [9.17, 15) is 0 Å². The Labute approximate surface area is 205 Å². The van der Waals surface area contributed by atoms with Crippen molar-refractivity contribution < 1.29 is 0 Å². The molecule has 0 rings (SSSR count). The van der Waals surface area contributed by atoms with E-state index in [1.165, 1.54) is 167 Å². The van der Waals surface area contributed by atoms with Crippen molar-refractivity contribution in [2.45, 2.75) is 175 Å². The third-order valence-corrected chi connectivity index (χ3v) is 7.16. The van der Waals surface area contributed by atoms with Gasteiger partial charge in [-0.1, -0.05) is 156 Å². The molecular weight excluding hydrogens is 386 g/mol. The topological polar surface area (TPSA) is 3.24 Å². The highest BCUT2D eigenvalue weighted by molar-refractivity contribution is 4.61. The summed E-state index contributed by atoms with van der Waals surface area (Å²) in [5.74, 6) is 0.885. The molecule has 0 aliphatic carbocycles. The number of rotatable bonds is 27. The van der Waals surface area contributed by atoms with Crippen molar-refractivity contribution in [2.24, 2.45) is 5.92 Å². The summed E-state index contributed by atoms with van der Waals surface area (Å²) in [5, 5.41) is 0. The molecule has 0 aromatic carbocycles. The molecule has 0 spiro atoms. The summed E-state index contributed by atoms with van der Waals surface area (Å²) >= 11 is 0. The molecule has 0 aliphatic heterocycles. The van der Waals surface area contributed by atoms with Gasteiger partial charge in [0.1, 0.15) is 0 Å². The summed E-state index contributed by atoms with van der Waals surface area (Å²) in [4.78, 5) is 2.83. The molecule has 0 aromatic heterocycles. The molecule has 0 unspecified atom stereocenters. The second-order valence-corrected chi connectivity index (χ2v) is 11.1. The largest absolute Gasteiger partial charge is 0.303 e. The van der Waals surface area contributed by atoms with Gasteiger partial charge in [-0.2, -0.15) is 0 Å². The first kappa shape index (κ1) is 32.0. The molecule has 0 fully saturated rings.